The molecule has 0 bridgehead atoms. The predicted octanol–water partition coefficient (Wildman–Crippen LogP) is 10.9. The van der Waals surface area contributed by atoms with Gasteiger partial charge >= 0.3 is 17.1 Å². The normalized spacial score (nSPS) is 24.8. The standard InChI is InChI=1S/C27H45N3O3.C24H28FN5O3.C19H13ClF3N7O3.C18H19FN6O2.C15H25N5O3/c1-5-18-22-14-17(31)8-11-27(22,4)21-9-12-26(3)19(6-7-20(26)23(21)24(18)32)16(2)10-13-30-25(33)28-15-29-30;1-14(2)21(13-31)29-12-19(30-24(32)26-27-28-30)10-17-9-18(22(33-4)11-20(17)29)8-16-7-5-6-15(3)23(16)25;20-14-15-8(1-9(21)16(14)28-4-7(31)5-28)17(33)12(30-13(32)3-25-27-30)6-29(15)19-11(23)2-10(22)18(24)26-19;19-13-7-12-14(8-15(13)23-5-3-20-4-6-23)24(11-1-2-11)10-16(18(12)27)25-17(26)9-21-22-25;1-4-11(5-2)23-13-7-10(20-15(22)17-8-18-20)6-12(16)14(13)19-9(3)21/h15-24,31-32H,5-14H2,1-4H3,(H,28,29,33);5-7,9,11-12,14,21,31H,8,10,13H2,1-4H3,(H,26,28,32);1-2,6-7,31H,3-5H2,(H2,24,26);7-8,10-11,20H,1-6,9H2;7-8,11-14H,4-6,16H2,1-3H3,(H,19,21)(H,17,18,22)/t16-,17-,18-,19-,20+,21+,22?,23+,24-,26-,27-;21-;;;12-,13+,14+/m11..0/s1. The molecule has 149 heavy (non-hydrogen) atoms. The van der Waals surface area contributed by atoms with Crippen LogP contribution in [0.4, 0.5) is 56.2 Å². The largest absolute Gasteiger partial charge is 0.496 e. The van der Waals surface area contributed by atoms with E-state index in [1.54, 1.807) is 43.1 Å². The molecule has 3 amide bonds. The van der Waals surface area contributed by atoms with Gasteiger partial charge in [-0.25, -0.2) is 51.1 Å². The summed E-state index contributed by atoms with van der Waals surface area (Å²) in [7, 11) is 1.59. The molecule has 10 aromatic rings. The van der Waals surface area contributed by atoms with E-state index in [9.17, 15) is 76.3 Å². The summed E-state index contributed by atoms with van der Waals surface area (Å²) in [6.45, 7) is 24.4. The summed E-state index contributed by atoms with van der Waals surface area (Å²) >= 11 is 6.49. The van der Waals surface area contributed by atoms with E-state index >= 15 is 4.39 Å². The number of piperazine rings is 1. The van der Waals surface area contributed by atoms with Crippen LogP contribution in [0.25, 0.3) is 39.0 Å². The first-order valence-electron chi connectivity index (χ1n) is 51.2. The molecule has 0 radical (unpaired) electrons. The van der Waals surface area contributed by atoms with Gasteiger partial charge < -0.3 is 71.3 Å². The Labute approximate surface area is 859 Å². The van der Waals surface area contributed by atoms with Gasteiger partial charge in [0.05, 0.1) is 100 Å². The van der Waals surface area contributed by atoms with E-state index in [4.69, 9.17) is 32.5 Å². The van der Waals surface area contributed by atoms with Crippen molar-refractivity contribution < 1.29 is 66.2 Å². The smallest absolute Gasteiger partial charge is 0.365 e. The number of aliphatic hydroxyl groups excluding tert-OH is 4. The van der Waals surface area contributed by atoms with Gasteiger partial charge in [-0.15, -0.1) is 0 Å². The molecule has 21 rings (SSSR count). The number of nitrogens with one attached hydrogen (secondary N) is 5. The monoisotopic (exact) mass is 2080 g/mol. The van der Waals surface area contributed by atoms with E-state index in [2.05, 4.69) is 99.7 Å². The first-order chi connectivity index (χ1) is 71.3. The van der Waals surface area contributed by atoms with E-state index in [-0.39, 0.29) is 159 Å². The van der Waals surface area contributed by atoms with Crippen LogP contribution in [0.15, 0.2) is 137 Å². The third kappa shape index (κ3) is 21.4. The first kappa shape index (κ1) is 107. The molecule has 11 heterocycles. The number of nitrogens with zero attached hydrogens (tertiary/aromatic N) is 19. The van der Waals surface area contributed by atoms with Crippen molar-refractivity contribution in [2.45, 2.75) is 233 Å². The lowest BCUT2D eigenvalue weighted by molar-refractivity contribution is -0.203. The third-order valence-electron chi connectivity index (χ3n) is 32.4. The van der Waals surface area contributed by atoms with Crippen molar-refractivity contribution in [3.8, 4) is 11.6 Å². The molecule has 11 aliphatic rings. The minimum Gasteiger partial charge on any atom is -0.496 e. The first-order valence-corrected chi connectivity index (χ1v) is 51.6. The quantitative estimate of drug-likeness (QED) is 0.0250. The number of nitrogens with two attached hydrogens (primary N) is 2. The van der Waals surface area contributed by atoms with Crippen molar-refractivity contribution in [1.82, 2.24) is 74.5 Å². The van der Waals surface area contributed by atoms with Crippen LogP contribution in [-0.2, 0) is 38.5 Å². The SMILES string of the molecule is CCC(CC)O[C@@H]1C=C(n2nc[nH]c2=O)C[C@H](N)[C@H]1NC(C)=O.CC[C@@H]1C2C[C@H](O)CC[C@]2(C)[C@H]2CC[C@]3(C)[C@@H]([C@H](C)CCn4nc[nH]c4=O)CC[C@H]3[C@@H]2[C@@H]1O.COc1cc2c(cc1Cc1cccc(C)c1F)CC(n1nn[nH]c1=O)=CN2[C@H](CO)C(C)C.Nc1nc(-n2cc(N3N=NCC3=O)c(=O)c3cc(F)c(N4CC(O)C4)c(Cl)c32)c(F)cc1F.O=C1CN=NN1c1cn(C2CC2)c2cc(N3CCNCC3)c(F)cc2c1=O. The van der Waals surface area contributed by atoms with Crippen LogP contribution in [0.1, 0.15) is 181 Å². The number of aliphatic hydroxyl groups is 4. The van der Waals surface area contributed by atoms with Crippen LogP contribution in [-0.4, -0.2) is 217 Å². The zero-order valence-electron chi connectivity index (χ0n) is 85.2. The van der Waals surface area contributed by atoms with E-state index in [1.165, 1.54) is 65.6 Å². The number of benzene rings is 4. The number of anilines is 6. The second-order valence-corrected chi connectivity index (χ2v) is 42.1. The van der Waals surface area contributed by atoms with Crippen molar-refractivity contribution in [2.75, 3.05) is 96.5 Å². The number of carbonyl (C=O) groups excluding carboxylic acids is 3. The van der Waals surface area contributed by atoms with Crippen molar-refractivity contribution in [3.05, 3.63) is 200 Å². The van der Waals surface area contributed by atoms with Crippen molar-refractivity contribution >= 4 is 96.8 Å². The second-order valence-electron chi connectivity index (χ2n) is 41.7. The molecule has 7 fully saturated rings. The molecule has 13 N–H and O–H groups in total. The number of hydrogen-bond donors (Lipinski definition) is 11. The molecule has 46 heteroatoms. The van der Waals surface area contributed by atoms with Gasteiger partial charge in [-0.1, -0.05) is 102 Å². The second kappa shape index (κ2) is 44.6. The zero-order chi connectivity index (χ0) is 106. The molecule has 1 unspecified atom stereocenters. The van der Waals surface area contributed by atoms with E-state index in [0.29, 0.717) is 118 Å². The van der Waals surface area contributed by atoms with Gasteiger partial charge in [0.1, 0.15) is 60.3 Å². The number of nitrogen functional groups attached to an aromatic ring is 1. The Morgan fingerprint density at radius 2 is 1.40 bits per heavy atom. The molecule has 5 aliphatic heterocycles. The number of ether oxygens (including phenoxy) is 2. The Hall–Kier alpha value is -13.1. The summed E-state index contributed by atoms with van der Waals surface area (Å²) < 4.78 is 92.0. The van der Waals surface area contributed by atoms with Crippen LogP contribution in [0.3, 0.4) is 0 Å². The number of aryl methyl sites for hydroxylation is 2. The maximum absolute atomic E-state index is 15.0. The van der Waals surface area contributed by atoms with Gasteiger partial charge in [-0.2, -0.15) is 39.8 Å². The molecule has 4 aromatic carbocycles. The average Bonchev–Trinajstić information content (AvgIpc) is 1.68. The Kier molecular flexibility index (Phi) is 32.1. The minimum atomic E-state index is -1.16. The maximum Gasteiger partial charge on any atom is 0.365 e. The fraction of sp³-hybridized carbons (Fsp3) is 0.544. The summed E-state index contributed by atoms with van der Waals surface area (Å²) in [5, 5.41) is 82.1. The van der Waals surface area contributed by atoms with Crippen LogP contribution >= 0.6 is 11.6 Å². The summed E-state index contributed by atoms with van der Waals surface area (Å²) in [4.78, 5) is 112. The Morgan fingerprint density at radius 1 is 0.725 bits per heavy atom. The van der Waals surface area contributed by atoms with Crippen LogP contribution in [0.2, 0.25) is 5.02 Å². The summed E-state index contributed by atoms with van der Waals surface area (Å²) in [6, 6.07) is 13.0. The fourth-order valence-corrected chi connectivity index (χ4v) is 24.9. The highest BCUT2D eigenvalue weighted by atomic mass is 35.5. The molecule has 5 saturated carbocycles. The van der Waals surface area contributed by atoms with Gasteiger partial charge in [0.2, 0.25) is 16.8 Å². The van der Waals surface area contributed by atoms with E-state index in [0.717, 1.165) is 123 Å². The van der Waals surface area contributed by atoms with Gasteiger partial charge in [-0.05, 0) is 205 Å². The van der Waals surface area contributed by atoms with Crippen LogP contribution < -0.4 is 79.5 Å². The van der Waals surface area contributed by atoms with Crippen LogP contribution in [0.5, 0.6) is 5.75 Å². The summed E-state index contributed by atoms with van der Waals surface area (Å²) in [6.07, 6.45) is 22.5. The van der Waals surface area contributed by atoms with E-state index < -0.39 is 69.6 Å². The van der Waals surface area contributed by atoms with Gasteiger partial charge in [0, 0.05) is 126 Å². The molecular formula is C103H130ClF5N26O14. The number of carbonyl (C=O) groups is 3. The number of fused-ring (bicyclic) bond motifs is 8. The Balaban J connectivity index is 0.000000128. The number of hydrogen-bond acceptors (Lipinski definition) is 29. The average molecular weight is 2090 g/mol. The number of H-pyrrole nitrogens is 3. The van der Waals surface area contributed by atoms with Crippen molar-refractivity contribution in [2.24, 2.45) is 84.6 Å². The molecule has 2 saturated heterocycles. The lowest BCUT2D eigenvalue weighted by atomic mass is 9.41. The number of aromatic nitrogens is 13. The lowest BCUT2D eigenvalue weighted by Crippen LogP contribution is -2.62. The number of amides is 3. The highest BCUT2D eigenvalue weighted by molar-refractivity contribution is 6.38. The van der Waals surface area contributed by atoms with Crippen LogP contribution in [0, 0.1) is 94.2 Å². The van der Waals surface area contributed by atoms with Gasteiger partial charge in [0.25, 0.3) is 11.8 Å². The van der Waals surface area contributed by atoms with Gasteiger partial charge in [-0.3, -0.25) is 38.5 Å². The summed E-state index contributed by atoms with van der Waals surface area (Å²) in [5.74, 6) is -1.86. The molecule has 15 atom stereocenters. The van der Waals surface area contributed by atoms with Crippen molar-refractivity contribution in [1.29, 1.82) is 0 Å². The lowest BCUT2D eigenvalue weighted by Gasteiger charge is -2.64. The number of methoxy groups -OCH3 is 1. The Bertz CT molecular complexity index is 7120. The third-order valence-corrected chi connectivity index (χ3v) is 32.7. The number of allylic oxidation sites excluding steroid dienone is 1. The number of halogens is 6. The van der Waals surface area contributed by atoms with Gasteiger partial charge in [0.15, 0.2) is 23.3 Å². The molecule has 6 aliphatic carbocycles. The highest BCUT2D eigenvalue weighted by Gasteiger charge is 2.65. The van der Waals surface area contributed by atoms with E-state index in [1.807, 2.05) is 72.5 Å². The molecule has 40 nitrogen and oxygen atoms in total. The topological polar surface area (TPSA) is 514 Å². The van der Waals surface area contributed by atoms with Crippen molar-refractivity contribution in [3.63, 3.8) is 0 Å². The molecule has 0 spiro atoms. The number of rotatable bonds is 24. The number of β-amino-alcohol motifs (C(OH)–C–C–N with tert-alkyl or cyclic N) is 1. The summed E-state index contributed by atoms with van der Waals surface area (Å²) in [5.41, 5.74) is 16.0. The number of pyridine rings is 3. The minimum absolute atomic E-state index is 0.0648. The number of tetrazole rings is 1. The molecule has 6 aromatic heterocycles. The molecular weight excluding hydrogens is 1960 g/mol. The highest BCUT2D eigenvalue weighted by Crippen LogP contribution is 2.70. The fourth-order valence-electron chi connectivity index (χ4n) is 24.5. The maximum atomic E-state index is 15.0. The predicted molar refractivity (Wildman–Crippen MR) is 550 cm³/mol. The molecule has 798 valence electrons. The Morgan fingerprint density at radius 3 is 2.02 bits per heavy atom. The zero-order valence-corrected chi connectivity index (χ0v) is 85.9. The number of aromatic amines is 3.